The summed E-state index contributed by atoms with van der Waals surface area (Å²) in [5.41, 5.74) is 0.990. The average Bonchev–Trinajstić information content (AvgIpc) is 2.93. The molecule has 1 unspecified atom stereocenters. The van der Waals surface area contributed by atoms with E-state index in [0.717, 1.165) is 11.3 Å². The number of para-hydroxylation sites is 1. The molecule has 1 aromatic heterocycles. The van der Waals surface area contributed by atoms with Gasteiger partial charge in [0.15, 0.2) is 0 Å². The SMILES string of the molecule is Cc1oc(CNC(=O)C2CCOc3ccccc32)cc1C(=O)O. The van der Waals surface area contributed by atoms with Crippen LogP contribution < -0.4 is 10.1 Å². The number of aryl methyl sites for hydroxylation is 1. The van der Waals surface area contributed by atoms with E-state index in [1.807, 2.05) is 24.3 Å². The van der Waals surface area contributed by atoms with Crippen LogP contribution in [0.2, 0.25) is 0 Å². The van der Waals surface area contributed by atoms with E-state index in [1.54, 1.807) is 6.92 Å². The zero-order chi connectivity index (χ0) is 16.4. The maximum atomic E-state index is 12.4. The third kappa shape index (κ3) is 3.06. The van der Waals surface area contributed by atoms with Crippen molar-refractivity contribution in [1.29, 1.82) is 0 Å². The van der Waals surface area contributed by atoms with Crippen molar-refractivity contribution in [3.05, 3.63) is 53.0 Å². The molecule has 1 aromatic carbocycles. The van der Waals surface area contributed by atoms with Gasteiger partial charge in [0.2, 0.25) is 5.91 Å². The molecule has 6 nitrogen and oxygen atoms in total. The highest BCUT2D eigenvalue weighted by atomic mass is 16.5. The van der Waals surface area contributed by atoms with Gasteiger partial charge in [-0.05, 0) is 25.5 Å². The lowest BCUT2D eigenvalue weighted by Gasteiger charge is -2.24. The third-order valence-electron chi connectivity index (χ3n) is 3.91. The molecule has 1 atom stereocenters. The number of benzene rings is 1. The van der Waals surface area contributed by atoms with Crippen molar-refractivity contribution in [2.45, 2.75) is 25.8 Å². The number of rotatable bonds is 4. The van der Waals surface area contributed by atoms with Crippen molar-refractivity contribution in [1.82, 2.24) is 5.32 Å². The smallest absolute Gasteiger partial charge is 0.339 e. The van der Waals surface area contributed by atoms with E-state index in [-0.39, 0.29) is 23.9 Å². The number of carbonyl (C=O) groups excluding carboxylic acids is 1. The van der Waals surface area contributed by atoms with Gasteiger partial charge in [-0.15, -0.1) is 0 Å². The Balaban J connectivity index is 1.69. The van der Waals surface area contributed by atoms with E-state index in [2.05, 4.69) is 5.32 Å². The first-order chi connectivity index (χ1) is 11.1. The predicted molar refractivity (Wildman–Crippen MR) is 81.5 cm³/mol. The van der Waals surface area contributed by atoms with E-state index >= 15 is 0 Å². The fourth-order valence-electron chi connectivity index (χ4n) is 2.75. The quantitative estimate of drug-likeness (QED) is 0.905. The first-order valence-electron chi connectivity index (χ1n) is 7.38. The van der Waals surface area contributed by atoms with Gasteiger partial charge in [-0.2, -0.15) is 0 Å². The van der Waals surface area contributed by atoms with Crippen molar-refractivity contribution in [3.8, 4) is 5.75 Å². The van der Waals surface area contributed by atoms with Crippen LogP contribution in [-0.2, 0) is 11.3 Å². The Morgan fingerprint density at radius 2 is 2.13 bits per heavy atom. The first-order valence-corrected chi connectivity index (χ1v) is 7.38. The summed E-state index contributed by atoms with van der Waals surface area (Å²) in [6.07, 6.45) is 0.612. The normalized spacial score (nSPS) is 16.3. The van der Waals surface area contributed by atoms with Crippen LogP contribution in [0.3, 0.4) is 0 Å². The van der Waals surface area contributed by atoms with Gasteiger partial charge in [0.05, 0.1) is 19.1 Å². The van der Waals surface area contributed by atoms with Gasteiger partial charge in [-0.1, -0.05) is 18.2 Å². The second-order valence-corrected chi connectivity index (χ2v) is 5.43. The lowest BCUT2D eigenvalue weighted by molar-refractivity contribution is -0.123. The molecule has 0 radical (unpaired) electrons. The molecule has 2 aromatic rings. The highest BCUT2D eigenvalue weighted by Gasteiger charge is 2.27. The van der Waals surface area contributed by atoms with Crippen molar-refractivity contribution in [3.63, 3.8) is 0 Å². The summed E-state index contributed by atoms with van der Waals surface area (Å²) in [5.74, 6) is 0.0662. The van der Waals surface area contributed by atoms with Crippen molar-refractivity contribution in [2.24, 2.45) is 0 Å². The molecule has 0 saturated heterocycles. The Morgan fingerprint density at radius 3 is 2.87 bits per heavy atom. The van der Waals surface area contributed by atoms with Gasteiger partial charge >= 0.3 is 5.97 Å². The number of aromatic carboxylic acids is 1. The molecule has 0 fully saturated rings. The van der Waals surface area contributed by atoms with Crippen LogP contribution in [0, 0.1) is 6.92 Å². The minimum absolute atomic E-state index is 0.116. The second kappa shape index (κ2) is 6.16. The zero-order valence-electron chi connectivity index (χ0n) is 12.7. The van der Waals surface area contributed by atoms with Crippen LogP contribution in [-0.4, -0.2) is 23.6 Å². The largest absolute Gasteiger partial charge is 0.493 e. The molecule has 1 aliphatic rings. The lowest BCUT2D eigenvalue weighted by Crippen LogP contribution is -2.31. The molecule has 2 heterocycles. The van der Waals surface area contributed by atoms with Gasteiger partial charge in [0, 0.05) is 5.56 Å². The predicted octanol–water partition coefficient (Wildman–Crippen LogP) is 2.47. The molecule has 6 heteroatoms. The molecule has 120 valence electrons. The Morgan fingerprint density at radius 1 is 1.35 bits per heavy atom. The Labute approximate surface area is 133 Å². The van der Waals surface area contributed by atoms with Crippen LogP contribution in [0.4, 0.5) is 0 Å². The molecular weight excluding hydrogens is 298 g/mol. The molecule has 1 amide bonds. The van der Waals surface area contributed by atoms with Crippen molar-refractivity contribution >= 4 is 11.9 Å². The fraction of sp³-hybridized carbons (Fsp3) is 0.294. The number of carbonyl (C=O) groups is 2. The van der Waals surface area contributed by atoms with E-state index in [4.69, 9.17) is 14.3 Å². The molecule has 0 spiro atoms. The number of ether oxygens (including phenoxy) is 1. The topological polar surface area (TPSA) is 88.8 Å². The Kier molecular flexibility index (Phi) is 4.06. The van der Waals surface area contributed by atoms with Gasteiger partial charge in [-0.3, -0.25) is 4.79 Å². The highest BCUT2D eigenvalue weighted by molar-refractivity contribution is 5.89. The number of hydrogen-bond acceptors (Lipinski definition) is 4. The number of carboxylic acids is 1. The molecule has 0 aliphatic carbocycles. The monoisotopic (exact) mass is 315 g/mol. The molecular formula is C17H17NO5. The number of carboxylic acid groups (broad SMARTS) is 1. The summed E-state index contributed by atoms with van der Waals surface area (Å²) in [6.45, 7) is 2.24. The molecule has 23 heavy (non-hydrogen) atoms. The molecule has 0 bridgehead atoms. The Hall–Kier alpha value is -2.76. The van der Waals surface area contributed by atoms with Gasteiger partial charge < -0.3 is 19.6 Å². The van der Waals surface area contributed by atoms with E-state index in [9.17, 15) is 9.59 Å². The summed E-state index contributed by atoms with van der Waals surface area (Å²) in [4.78, 5) is 23.4. The molecule has 2 N–H and O–H groups in total. The lowest BCUT2D eigenvalue weighted by atomic mass is 9.92. The molecule has 1 aliphatic heterocycles. The summed E-state index contributed by atoms with van der Waals surface area (Å²) < 4.78 is 10.9. The van der Waals surface area contributed by atoms with E-state index in [1.165, 1.54) is 6.07 Å². The number of nitrogens with one attached hydrogen (secondary N) is 1. The zero-order valence-corrected chi connectivity index (χ0v) is 12.7. The van der Waals surface area contributed by atoms with Crippen LogP contribution >= 0.6 is 0 Å². The molecule has 0 saturated carbocycles. The number of furan rings is 1. The van der Waals surface area contributed by atoms with Crippen LogP contribution in [0.25, 0.3) is 0 Å². The summed E-state index contributed by atoms with van der Waals surface area (Å²) in [6, 6.07) is 8.93. The summed E-state index contributed by atoms with van der Waals surface area (Å²) in [7, 11) is 0. The molecule has 3 rings (SSSR count). The number of fused-ring (bicyclic) bond motifs is 1. The van der Waals surface area contributed by atoms with Crippen molar-refractivity contribution in [2.75, 3.05) is 6.61 Å². The van der Waals surface area contributed by atoms with Crippen LogP contribution in [0.5, 0.6) is 5.75 Å². The minimum atomic E-state index is -1.04. The fourth-order valence-corrected chi connectivity index (χ4v) is 2.75. The standard InChI is InChI=1S/C17H17NO5/c1-10-14(17(20)21)8-11(23-10)9-18-16(19)13-6-7-22-15-5-3-2-4-12(13)15/h2-5,8,13H,6-7,9H2,1H3,(H,18,19)(H,20,21). The Bertz CT molecular complexity index is 749. The van der Waals surface area contributed by atoms with Gasteiger partial charge in [0.25, 0.3) is 0 Å². The average molecular weight is 315 g/mol. The third-order valence-corrected chi connectivity index (χ3v) is 3.91. The van der Waals surface area contributed by atoms with Crippen LogP contribution in [0.1, 0.15) is 39.8 Å². The van der Waals surface area contributed by atoms with Crippen molar-refractivity contribution < 1.29 is 23.8 Å². The summed E-state index contributed by atoms with van der Waals surface area (Å²) >= 11 is 0. The first kappa shape index (κ1) is 15.1. The highest BCUT2D eigenvalue weighted by Crippen LogP contribution is 2.33. The number of amides is 1. The van der Waals surface area contributed by atoms with E-state index in [0.29, 0.717) is 24.5 Å². The van der Waals surface area contributed by atoms with E-state index < -0.39 is 5.97 Å². The van der Waals surface area contributed by atoms with Gasteiger partial charge in [-0.25, -0.2) is 4.79 Å². The van der Waals surface area contributed by atoms with Gasteiger partial charge in [0.1, 0.15) is 22.8 Å². The minimum Gasteiger partial charge on any atom is -0.493 e. The summed E-state index contributed by atoms with van der Waals surface area (Å²) in [5, 5.41) is 11.8. The number of hydrogen-bond donors (Lipinski definition) is 2. The maximum Gasteiger partial charge on any atom is 0.339 e. The maximum absolute atomic E-state index is 12.4. The second-order valence-electron chi connectivity index (χ2n) is 5.43. The van der Waals surface area contributed by atoms with Crippen LogP contribution in [0.15, 0.2) is 34.7 Å².